The van der Waals surface area contributed by atoms with E-state index in [-0.39, 0.29) is 16.3 Å². The molecule has 0 amide bonds. The first-order valence-corrected chi connectivity index (χ1v) is 8.03. The molecule has 0 aliphatic heterocycles. The van der Waals surface area contributed by atoms with Crippen LogP contribution in [0.1, 0.15) is 12.7 Å². The number of hydrogen-bond donors (Lipinski definition) is 1. The van der Waals surface area contributed by atoms with Crippen molar-refractivity contribution in [1.82, 2.24) is 14.8 Å². The third kappa shape index (κ3) is 2.95. The van der Waals surface area contributed by atoms with Crippen molar-refractivity contribution >= 4 is 31.5 Å². The van der Waals surface area contributed by atoms with Crippen molar-refractivity contribution in [3.8, 4) is 0 Å². The Labute approximate surface area is 119 Å². The number of aryl methyl sites for hydroxylation is 1. The Morgan fingerprint density at radius 3 is 2.84 bits per heavy atom. The van der Waals surface area contributed by atoms with Gasteiger partial charge in [0.1, 0.15) is 17.9 Å². The molecular formula is C11H13BrN4O2S. The fourth-order valence-electron chi connectivity index (χ4n) is 1.69. The van der Waals surface area contributed by atoms with Crippen LogP contribution in [0.3, 0.4) is 0 Å². The fourth-order valence-corrected chi connectivity index (χ4v) is 3.65. The Morgan fingerprint density at radius 1 is 1.42 bits per heavy atom. The molecule has 0 atom stereocenters. The highest BCUT2D eigenvalue weighted by Crippen LogP contribution is 2.25. The van der Waals surface area contributed by atoms with Crippen molar-refractivity contribution in [1.29, 1.82) is 0 Å². The lowest BCUT2D eigenvalue weighted by Gasteiger charge is -2.08. The highest BCUT2D eigenvalue weighted by atomic mass is 79.9. The number of sulfone groups is 1. The molecule has 0 aliphatic rings. The summed E-state index contributed by atoms with van der Waals surface area (Å²) in [5.41, 5.74) is 5.96. The van der Waals surface area contributed by atoms with Crippen LogP contribution in [-0.4, -0.2) is 23.2 Å². The number of benzene rings is 1. The predicted octanol–water partition coefficient (Wildman–Crippen LogP) is 1.62. The van der Waals surface area contributed by atoms with Crippen LogP contribution in [0.15, 0.2) is 33.9 Å². The molecule has 1 aromatic heterocycles. The molecule has 1 aromatic carbocycles. The van der Waals surface area contributed by atoms with Crippen molar-refractivity contribution in [2.75, 3.05) is 5.73 Å². The van der Waals surface area contributed by atoms with E-state index in [0.717, 1.165) is 0 Å². The van der Waals surface area contributed by atoms with Gasteiger partial charge in [-0.15, -0.1) is 0 Å². The van der Waals surface area contributed by atoms with E-state index in [4.69, 9.17) is 5.73 Å². The largest absolute Gasteiger partial charge is 0.398 e. The number of aromatic nitrogens is 3. The van der Waals surface area contributed by atoms with E-state index in [9.17, 15) is 8.42 Å². The zero-order valence-corrected chi connectivity index (χ0v) is 12.6. The van der Waals surface area contributed by atoms with E-state index in [1.54, 1.807) is 16.8 Å². The molecular weight excluding hydrogens is 332 g/mol. The van der Waals surface area contributed by atoms with Gasteiger partial charge in [0, 0.05) is 11.0 Å². The molecule has 0 saturated heterocycles. The van der Waals surface area contributed by atoms with Crippen LogP contribution in [0, 0.1) is 0 Å². The summed E-state index contributed by atoms with van der Waals surface area (Å²) in [7, 11) is -3.55. The maximum Gasteiger partial charge on any atom is 0.187 e. The zero-order valence-electron chi connectivity index (χ0n) is 10.2. The van der Waals surface area contributed by atoms with Crippen molar-refractivity contribution in [2.45, 2.75) is 24.1 Å². The van der Waals surface area contributed by atoms with Crippen molar-refractivity contribution < 1.29 is 8.42 Å². The van der Waals surface area contributed by atoms with Crippen LogP contribution in [0.5, 0.6) is 0 Å². The molecule has 1 heterocycles. The van der Waals surface area contributed by atoms with Gasteiger partial charge in [0.15, 0.2) is 9.84 Å². The summed E-state index contributed by atoms with van der Waals surface area (Å²) in [6, 6.07) is 4.75. The lowest BCUT2D eigenvalue weighted by Crippen LogP contribution is -2.13. The van der Waals surface area contributed by atoms with Crippen molar-refractivity contribution in [3.05, 3.63) is 34.8 Å². The van der Waals surface area contributed by atoms with E-state index in [2.05, 4.69) is 26.0 Å². The van der Waals surface area contributed by atoms with E-state index < -0.39 is 9.84 Å². The van der Waals surface area contributed by atoms with Crippen LogP contribution >= 0.6 is 15.9 Å². The van der Waals surface area contributed by atoms with Gasteiger partial charge in [0.05, 0.1) is 10.6 Å². The lowest BCUT2D eigenvalue weighted by molar-refractivity contribution is 0.584. The second-order valence-electron chi connectivity index (χ2n) is 3.93. The van der Waals surface area contributed by atoms with Gasteiger partial charge in [-0.1, -0.05) is 15.9 Å². The Hall–Kier alpha value is -1.41. The summed E-state index contributed by atoms with van der Waals surface area (Å²) >= 11 is 3.24. The normalized spacial score (nSPS) is 11.7. The van der Waals surface area contributed by atoms with Crippen LogP contribution in [0.4, 0.5) is 5.69 Å². The van der Waals surface area contributed by atoms with Gasteiger partial charge < -0.3 is 5.73 Å². The van der Waals surface area contributed by atoms with Gasteiger partial charge in [-0.3, -0.25) is 0 Å². The number of nitrogens with two attached hydrogens (primary N) is 1. The minimum Gasteiger partial charge on any atom is -0.398 e. The molecule has 6 nitrogen and oxygen atoms in total. The number of nitrogen functional groups attached to an aromatic ring is 1. The molecule has 0 unspecified atom stereocenters. The second-order valence-corrected chi connectivity index (χ2v) is 6.81. The Balaban J connectivity index is 2.41. The molecule has 0 saturated carbocycles. The highest BCUT2D eigenvalue weighted by molar-refractivity contribution is 9.10. The van der Waals surface area contributed by atoms with Crippen LogP contribution < -0.4 is 5.73 Å². The maximum atomic E-state index is 12.4. The van der Waals surface area contributed by atoms with Crippen LogP contribution in [-0.2, 0) is 22.1 Å². The SMILES string of the molecule is CCn1ncnc1CS(=O)(=O)c1cc(Br)ccc1N. The van der Waals surface area contributed by atoms with Crippen LogP contribution in [0.25, 0.3) is 0 Å². The average Bonchev–Trinajstić information content (AvgIpc) is 2.78. The molecule has 0 aliphatic carbocycles. The Bertz CT molecular complexity index is 696. The first-order valence-electron chi connectivity index (χ1n) is 5.58. The Morgan fingerprint density at radius 2 is 2.16 bits per heavy atom. The molecule has 8 heteroatoms. The first kappa shape index (κ1) is 14.0. The molecule has 0 bridgehead atoms. The maximum absolute atomic E-state index is 12.4. The molecule has 0 radical (unpaired) electrons. The van der Waals surface area contributed by atoms with E-state index in [1.807, 2.05) is 6.92 Å². The molecule has 0 fully saturated rings. The number of nitrogens with zero attached hydrogens (tertiary/aromatic N) is 3. The Kier molecular flexibility index (Phi) is 3.91. The number of hydrogen-bond acceptors (Lipinski definition) is 5. The molecule has 19 heavy (non-hydrogen) atoms. The monoisotopic (exact) mass is 344 g/mol. The number of anilines is 1. The second kappa shape index (κ2) is 5.30. The quantitative estimate of drug-likeness (QED) is 0.851. The van der Waals surface area contributed by atoms with Gasteiger partial charge in [-0.2, -0.15) is 5.10 Å². The third-order valence-corrected chi connectivity index (χ3v) is 4.78. The number of rotatable bonds is 4. The molecule has 102 valence electrons. The van der Waals surface area contributed by atoms with Gasteiger partial charge in [0.2, 0.25) is 0 Å². The standard InChI is InChI=1S/C11H13BrN4O2S/c1-2-16-11(14-7-15-16)6-19(17,18)10-5-8(12)3-4-9(10)13/h3-5,7H,2,6,13H2,1H3. The highest BCUT2D eigenvalue weighted by Gasteiger charge is 2.21. The first-order chi connectivity index (χ1) is 8.94. The summed E-state index contributed by atoms with van der Waals surface area (Å²) in [4.78, 5) is 4.07. The summed E-state index contributed by atoms with van der Waals surface area (Å²) in [6.07, 6.45) is 1.35. The van der Waals surface area contributed by atoms with Gasteiger partial charge in [-0.25, -0.2) is 18.1 Å². The molecule has 2 rings (SSSR count). The number of halogens is 1. The minimum atomic E-state index is -3.55. The fraction of sp³-hybridized carbons (Fsp3) is 0.273. The summed E-state index contributed by atoms with van der Waals surface area (Å²) in [6.45, 7) is 2.44. The van der Waals surface area contributed by atoms with Gasteiger partial charge in [-0.05, 0) is 25.1 Å². The average molecular weight is 345 g/mol. The molecule has 0 spiro atoms. The van der Waals surface area contributed by atoms with E-state index in [1.165, 1.54) is 12.4 Å². The van der Waals surface area contributed by atoms with Gasteiger partial charge >= 0.3 is 0 Å². The smallest absolute Gasteiger partial charge is 0.187 e. The predicted molar refractivity (Wildman–Crippen MR) is 75.1 cm³/mol. The summed E-state index contributed by atoms with van der Waals surface area (Å²) in [5.74, 6) is 0.184. The summed E-state index contributed by atoms with van der Waals surface area (Å²) < 4.78 is 26.9. The van der Waals surface area contributed by atoms with E-state index in [0.29, 0.717) is 16.8 Å². The lowest BCUT2D eigenvalue weighted by atomic mass is 10.3. The summed E-state index contributed by atoms with van der Waals surface area (Å²) in [5, 5.41) is 3.95. The topological polar surface area (TPSA) is 90.9 Å². The van der Waals surface area contributed by atoms with Crippen molar-refractivity contribution in [2.24, 2.45) is 0 Å². The van der Waals surface area contributed by atoms with E-state index >= 15 is 0 Å². The molecule has 2 aromatic rings. The van der Waals surface area contributed by atoms with Crippen LogP contribution in [0.2, 0.25) is 0 Å². The minimum absolute atomic E-state index is 0.104. The third-order valence-electron chi connectivity index (χ3n) is 2.63. The van der Waals surface area contributed by atoms with Gasteiger partial charge in [0.25, 0.3) is 0 Å². The van der Waals surface area contributed by atoms with Crippen molar-refractivity contribution in [3.63, 3.8) is 0 Å². The molecule has 2 N–H and O–H groups in total. The zero-order chi connectivity index (χ0) is 14.0.